The molecule has 2 heterocycles. The van der Waals surface area contributed by atoms with E-state index in [1.165, 1.54) is 6.07 Å². The van der Waals surface area contributed by atoms with Crippen LogP contribution < -0.4 is 5.32 Å². The average Bonchev–Trinajstić information content (AvgIpc) is 2.32. The molecule has 0 radical (unpaired) electrons. The molecule has 0 amide bonds. The van der Waals surface area contributed by atoms with Crippen molar-refractivity contribution >= 4 is 5.82 Å². The summed E-state index contributed by atoms with van der Waals surface area (Å²) in [7, 11) is 2.05. The zero-order valence-electron chi connectivity index (χ0n) is 11.0. The summed E-state index contributed by atoms with van der Waals surface area (Å²) in [6.45, 7) is 3.98. The smallest absolute Gasteiger partial charge is 0.367 e. The first-order chi connectivity index (χ1) is 8.86. The van der Waals surface area contributed by atoms with Gasteiger partial charge >= 0.3 is 6.18 Å². The lowest BCUT2D eigenvalue weighted by Crippen LogP contribution is -2.43. The molecule has 1 fully saturated rings. The fraction of sp³-hybridized carbons (Fsp3) is 0.615. The molecule has 0 spiro atoms. The normalized spacial score (nSPS) is 25.3. The van der Waals surface area contributed by atoms with Crippen molar-refractivity contribution in [3.05, 3.63) is 23.9 Å². The largest absolute Gasteiger partial charge is 0.433 e. The maximum absolute atomic E-state index is 12.6. The number of alkyl halides is 3. The van der Waals surface area contributed by atoms with E-state index in [0.29, 0.717) is 11.7 Å². The summed E-state index contributed by atoms with van der Waals surface area (Å²) < 4.78 is 37.7. The Balaban J connectivity index is 2.07. The van der Waals surface area contributed by atoms with Crippen LogP contribution >= 0.6 is 0 Å². The topological polar surface area (TPSA) is 28.2 Å². The van der Waals surface area contributed by atoms with Crippen LogP contribution in [0.15, 0.2) is 18.2 Å². The summed E-state index contributed by atoms with van der Waals surface area (Å²) in [6, 6.07) is 4.13. The van der Waals surface area contributed by atoms with Crippen molar-refractivity contribution in [1.82, 2.24) is 9.88 Å². The quantitative estimate of drug-likeness (QED) is 0.898. The Labute approximate surface area is 110 Å². The highest BCUT2D eigenvalue weighted by Gasteiger charge is 2.33. The van der Waals surface area contributed by atoms with Crippen LogP contribution in [0.2, 0.25) is 0 Å². The van der Waals surface area contributed by atoms with Crippen LogP contribution in [0, 0.1) is 5.92 Å². The van der Waals surface area contributed by atoms with Crippen LogP contribution in [0.25, 0.3) is 0 Å². The Morgan fingerprint density at radius 1 is 1.37 bits per heavy atom. The second-order valence-electron chi connectivity index (χ2n) is 5.18. The zero-order chi connectivity index (χ0) is 14.0. The number of nitrogens with zero attached hydrogens (tertiary/aromatic N) is 2. The van der Waals surface area contributed by atoms with Gasteiger partial charge < -0.3 is 10.2 Å². The van der Waals surface area contributed by atoms with Crippen molar-refractivity contribution in [1.29, 1.82) is 0 Å². The fourth-order valence-electron chi connectivity index (χ4n) is 2.43. The molecule has 2 rings (SSSR count). The van der Waals surface area contributed by atoms with Gasteiger partial charge in [-0.3, -0.25) is 0 Å². The molecule has 0 aromatic carbocycles. The lowest BCUT2D eigenvalue weighted by atomic mass is 9.94. The molecule has 0 aliphatic carbocycles. The number of aromatic nitrogens is 1. The lowest BCUT2D eigenvalue weighted by Gasteiger charge is -2.35. The summed E-state index contributed by atoms with van der Waals surface area (Å²) in [6.07, 6.45) is -3.48. The Hall–Kier alpha value is -1.30. The van der Waals surface area contributed by atoms with Gasteiger partial charge in [-0.2, -0.15) is 13.2 Å². The summed E-state index contributed by atoms with van der Waals surface area (Å²) >= 11 is 0. The van der Waals surface area contributed by atoms with E-state index in [9.17, 15) is 13.2 Å². The van der Waals surface area contributed by atoms with E-state index in [2.05, 4.69) is 29.2 Å². The maximum Gasteiger partial charge on any atom is 0.433 e. The van der Waals surface area contributed by atoms with E-state index in [0.717, 1.165) is 25.6 Å². The second kappa shape index (κ2) is 5.36. The third-order valence-corrected chi connectivity index (χ3v) is 3.48. The van der Waals surface area contributed by atoms with E-state index < -0.39 is 11.9 Å². The Kier molecular flexibility index (Phi) is 3.99. The Morgan fingerprint density at radius 2 is 2.11 bits per heavy atom. The average molecular weight is 273 g/mol. The van der Waals surface area contributed by atoms with Gasteiger partial charge in [-0.15, -0.1) is 0 Å². The highest BCUT2D eigenvalue weighted by molar-refractivity contribution is 5.37. The van der Waals surface area contributed by atoms with Crippen molar-refractivity contribution < 1.29 is 13.2 Å². The number of hydrogen-bond donors (Lipinski definition) is 1. The first-order valence-electron chi connectivity index (χ1n) is 6.35. The van der Waals surface area contributed by atoms with Crippen LogP contribution in [0.5, 0.6) is 0 Å². The molecule has 2 unspecified atom stereocenters. The van der Waals surface area contributed by atoms with E-state index in [1.54, 1.807) is 6.07 Å². The van der Waals surface area contributed by atoms with Gasteiger partial charge in [-0.1, -0.05) is 13.0 Å². The molecule has 6 heteroatoms. The molecule has 1 aliphatic rings. The fourth-order valence-corrected chi connectivity index (χ4v) is 2.43. The third kappa shape index (κ3) is 3.59. The third-order valence-electron chi connectivity index (χ3n) is 3.48. The first-order valence-corrected chi connectivity index (χ1v) is 6.35. The highest BCUT2D eigenvalue weighted by Crippen LogP contribution is 2.28. The maximum atomic E-state index is 12.6. The molecule has 19 heavy (non-hydrogen) atoms. The van der Waals surface area contributed by atoms with Crippen molar-refractivity contribution in [3.8, 4) is 0 Å². The van der Waals surface area contributed by atoms with Crippen LogP contribution in [-0.2, 0) is 6.18 Å². The first kappa shape index (κ1) is 14.1. The van der Waals surface area contributed by atoms with Gasteiger partial charge in [0.2, 0.25) is 0 Å². The second-order valence-corrected chi connectivity index (χ2v) is 5.18. The zero-order valence-corrected chi connectivity index (χ0v) is 11.0. The predicted molar refractivity (Wildman–Crippen MR) is 67.9 cm³/mol. The molecule has 1 aliphatic heterocycles. The molecular weight excluding hydrogens is 255 g/mol. The number of nitrogens with one attached hydrogen (secondary N) is 1. The number of halogens is 3. The molecule has 1 aromatic rings. The van der Waals surface area contributed by atoms with Gasteiger partial charge in [0.15, 0.2) is 0 Å². The predicted octanol–water partition coefficient (Wildman–Crippen LogP) is 2.85. The molecule has 0 saturated carbocycles. The standard InChI is InChI=1S/C13H18F3N3/c1-9-8-19(2)7-6-10(9)17-12-5-3-4-11(18-12)13(14,15)16/h3-5,9-10H,6-8H2,1-2H3,(H,17,18). The van der Waals surface area contributed by atoms with Gasteiger partial charge in [-0.05, 0) is 38.1 Å². The molecule has 106 valence electrons. The number of pyridine rings is 1. The molecule has 1 aromatic heterocycles. The summed E-state index contributed by atoms with van der Waals surface area (Å²) in [5.41, 5.74) is -0.849. The molecule has 0 bridgehead atoms. The van der Waals surface area contributed by atoms with Crippen molar-refractivity contribution in [2.24, 2.45) is 5.92 Å². The van der Waals surface area contributed by atoms with Crippen LogP contribution in [0.1, 0.15) is 19.0 Å². The monoisotopic (exact) mass is 273 g/mol. The minimum Gasteiger partial charge on any atom is -0.367 e. The van der Waals surface area contributed by atoms with Crippen molar-refractivity contribution in [2.75, 3.05) is 25.5 Å². The summed E-state index contributed by atoms with van der Waals surface area (Å²) in [4.78, 5) is 5.87. The number of likely N-dealkylation sites (tertiary alicyclic amines) is 1. The summed E-state index contributed by atoms with van der Waals surface area (Å²) in [5, 5.41) is 3.13. The van der Waals surface area contributed by atoms with Crippen molar-refractivity contribution in [2.45, 2.75) is 25.6 Å². The molecule has 1 N–H and O–H groups in total. The van der Waals surface area contributed by atoms with Crippen LogP contribution in [-0.4, -0.2) is 36.1 Å². The minimum atomic E-state index is -4.39. The van der Waals surface area contributed by atoms with E-state index in [-0.39, 0.29) is 6.04 Å². The van der Waals surface area contributed by atoms with Crippen LogP contribution in [0.4, 0.5) is 19.0 Å². The molecule has 2 atom stereocenters. The van der Waals surface area contributed by atoms with Gasteiger partial charge in [0, 0.05) is 12.6 Å². The number of anilines is 1. The molecule has 1 saturated heterocycles. The summed E-state index contributed by atoms with van der Waals surface area (Å²) in [5.74, 6) is 0.686. The molecular formula is C13H18F3N3. The SMILES string of the molecule is CC1CN(C)CCC1Nc1cccc(C(F)(F)F)n1. The van der Waals surface area contributed by atoms with E-state index in [4.69, 9.17) is 0 Å². The highest BCUT2D eigenvalue weighted by atomic mass is 19.4. The Morgan fingerprint density at radius 3 is 2.74 bits per heavy atom. The molecule has 3 nitrogen and oxygen atoms in total. The van der Waals surface area contributed by atoms with Crippen molar-refractivity contribution in [3.63, 3.8) is 0 Å². The van der Waals surface area contributed by atoms with Gasteiger partial charge in [0.1, 0.15) is 11.5 Å². The van der Waals surface area contributed by atoms with Gasteiger partial charge in [0.25, 0.3) is 0 Å². The number of hydrogen-bond acceptors (Lipinski definition) is 3. The van der Waals surface area contributed by atoms with Crippen LogP contribution in [0.3, 0.4) is 0 Å². The lowest BCUT2D eigenvalue weighted by molar-refractivity contribution is -0.141. The number of rotatable bonds is 2. The minimum absolute atomic E-state index is 0.173. The van der Waals surface area contributed by atoms with Gasteiger partial charge in [0.05, 0.1) is 0 Å². The number of piperidine rings is 1. The van der Waals surface area contributed by atoms with Gasteiger partial charge in [-0.25, -0.2) is 4.98 Å². The van der Waals surface area contributed by atoms with E-state index in [1.807, 2.05) is 0 Å². The Bertz CT molecular complexity index is 433. The van der Waals surface area contributed by atoms with E-state index >= 15 is 0 Å².